The van der Waals surface area contributed by atoms with Crippen molar-refractivity contribution in [1.82, 2.24) is 4.90 Å². The van der Waals surface area contributed by atoms with Gasteiger partial charge in [-0.3, -0.25) is 9.79 Å². The monoisotopic (exact) mass is 471 g/mol. The van der Waals surface area contributed by atoms with Crippen LogP contribution in [0.5, 0.6) is 0 Å². The fraction of sp³-hybridized carbons (Fsp3) is 0.520. The predicted molar refractivity (Wildman–Crippen MR) is 125 cm³/mol. The third kappa shape index (κ3) is 4.45. The van der Waals surface area contributed by atoms with Crippen LogP contribution in [-0.2, 0) is 11.0 Å². The van der Waals surface area contributed by atoms with Gasteiger partial charge >= 0.3 is 6.18 Å². The Morgan fingerprint density at radius 1 is 1.15 bits per heavy atom. The number of amides is 1. The van der Waals surface area contributed by atoms with Gasteiger partial charge in [0.1, 0.15) is 6.04 Å². The number of likely N-dealkylation sites (tertiary alicyclic amines) is 1. The lowest BCUT2D eigenvalue weighted by Gasteiger charge is -2.21. The summed E-state index contributed by atoms with van der Waals surface area (Å²) >= 11 is 0. The summed E-state index contributed by atoms with van der Waals surface area (Å²) in [4.78, 5) is 28.4. The molecule has 1 amide bonds. The average Bonchev–Trinajstić information content (AvgIpc) is 3.48. The van der Waals surface area contributed by atoms with Crippen molar-refractivity contribution in [2.24, 2.45) is 32.5 Å². The van der Waals surface area contributed by atoms with E-state index in [1.165, 1.54) is 6.07 Å². The topological polar surface area (TPSA) is 83.4 Å². The maximum atomic E-state index is 13.5. The summed E-state index contributed by atoms with van der Waals surface area (Å²) in [5.41, 5.74) is 6.55. The van der Waals surface area contributed by atoms with Gasteiger partial charge in [-0.2, -0.15) is 13.2 Å². The maximum absolute atomic E-state index is 13.5. The molecule has 9 heteroatoms. The number of amidine groups is 2. The van der Waals surface area contributed by atoms with Gasteiger partial charge in [-0.1, -0.05) is 24.3 Å². The second-order valence-corrected chi connectivity index (χ2v) is 9.58. The van der Waals surface area contributed by atoms with E-state index in [4.69, 9.17) is 5.73 Å². The number of hydrogen-bond donors (Lipinski definition) is 1. The van der Waals surface area contributed by atoms with Gasteiger partial charge in [0.2, 0.25) is 5.84 Å². The number of carbonyl (C=O) groups is 1. The van der Waals surface area contributed by atoms with Crippen LogP contribution >= 0.6 is 0 Å². The Balaban J connectivity index is 1.24. The number of halogens is 3. The Kier molecular flexibility index (Phi) is 6.14. The lowest BCUT2D eigenvalue weighted by Crippen LogP contribution is -2.34. The molecule has 6 nitrogen and oxygen atoms in total. The van der Waals surface area contributed by atoms with E-state index in [9.17, 15) is 18.0 Å². The number of rotatable bonds is 4. The lowest BCUT2D eigenvalue weighted by molar-refractivity contribution is -0.138. The van der Waals surface area contributed by atoms with Crippen molar-refractivity contribution in [3.63, 3.8) is 0 Å². The van der Waals surface area contributed by atoms with Crippen molar-refractivity contribution in [2.45, 2.75) is 50.2 Å². The van der Waals surface area contributed by atoms with E-state index >= 15 is 0 Å². The summed E-state index contributed by atoms with van der Waals surface area (Å²) in [6.45, 7) is 1.62. The van der Waals surface area contributed by atoms with Gasteiger partial charge in [-0.15, -0.1) is 0 Å². The van der Waals surface area contributed by atoms with Crippen LogP contribution in [0, 0.1) is 11.8 Å². The molecule has 3 heterocycles. The summed E-state index contributed by atoms with van der Waals surface area (Å²) in [7, 11) is 0. The van der Waals surface area contributed by atoms with E-state index in [2.05, 4.69) is 21.1 Å². The first-order chi connectivity index (χ1) is 16.3. The van der Waals surface area contributed by atoms with E-state index in [-0.39, 0.29) is 35.5 Å². The van der Waals surface area contributed by atoms with Crippen molar-refractivity contribution in [3.05, 3.63) is 47.0 Å². The zero-order valence-corrected chi connectivity index (χ0v) is 18.8. The number of nitrogens with zero attached hydrogens (tertiary/aromatic N) is 4. The van der Waals surface area contributed by atoms with Gasteiger partial charge in [0.05, 0.1) is 5.56 Å². The maximum Gasteiger partial charge on any atom is 0.416 e. The summed E-state index contributed by atoms with van der Waals surface area (Å²) in [6.07, 6.45) is 3.15. The zero-order valence-electron chi connectivity index (χ0n) is 18.8. The fourth-order valence-electron chi connectivity index (χ4n) is 5.76. The van der Waals surface area contributed by atoms with Crippen LogP contribution in [0.15, 0.2) is 50.9 Å². The molecule has 34 heavy (non-hydrogen) atoms. The van der Waals surface area contributed by atoms with Crippen molar-refractivity contribution < 1.29 is 18.0 Å². The molecule has 180 valence electrons. The van der Waals surface area contributed by atoms with Crippen molar-refractivity contribution in [1.29, 1.82) is 0 Å². The van der Waals surface area contributed by atoms with E-state index < -0.39 is 11.7 Å². The molecule has 2 unspecified atom stereocenters. The fourth-order valence-corrected chi connectivity index (χ4v) is 5.76. The highest BCUT2D eigenvalue weighted by Gasteiger charge is 2.46. The first-order valence-electron chi connectivity index (χ1n) is 11.9. The predicted octanol–water partition coefficient (Wildman–Crippen LogP) is 3.98. The standard InChI is InChI=1S/C25H28F3N5O/c26-25(27,28)20-6-2-1-5-19(20)16-10-17-13-33(14-18(17)11-16)24(34)23-31-21-7-3-4-15(8-9-29)12-30-22(21)32-23/h1-2,4-6,12,16-18,21H,3,7-11,13-14,29H2/t16?,17-,18+,21?. The van der Waals surface area contributed by atoms with Crippen LogP contribution in [0.25, 0.3) is 0 Å². The summed E-state index contributed by atoms with van der Waals surface area (Å²) in [5.74, 6) is 0.812. The molecular weight excluding hydrogens is 443 g/mol. The molecule has 2 N–H and O–H groups in total. The Labute approximate surface area is 196 Å². The minimum absolute atomic E-state index is 0.130. The van der Waals surface area contributed by atoms with Crippen LogP contribution in [0.1, 0.15) is 49.1 Å². The summed E-state index contributed by atoms with van der Waals surface area (Å²) in [5, 5.41) is 0. The molecule has 0 bridgehead atoms. The number of aliphatic imine (C=N–C) groups is 3. The molecule has 1 aliphatic carbocycles. The first-order valence-corrected chi connectivity index (χ1v) is 11.9. The molecule has 1 saturated carbocycles. The van der Waals surface area contributed by atoms with Crippen LogP contribution in [-0.4, -0.2) is 54.4 Å². The Morgan fingerprint density at radius 3 is 2.59 bits per heavy atom. The average molecular weight is 472 g/mol. The van der Waals surface area contributed by atoms with Gasteiger partial charge in [-0.25, -0.2) is 9.98 Å². The minimum atomic E-state index is -4.35. The van der Waals surface area contributed by atoms with Gasteiger partial charge in [0, 0.05) is 19.3 Å². The van der Waals surface area contributed by atoms with Crippen LogP contribution in [0.3, 0.4) is 0 Å². The Bertz CT molecular complexity index is 1080. The second kappa shape index (κ2) is 9.09. The molecule has 0 spiro atoms. The third-order valence-corrected chi connectivity index (χ3v) is 7.37. The number of allylic oxidation sites excluding steroid dienone is 1. The number of carbonyl (C=O) groups excluding carboxylic acids is 1. The van der Waals surface area contributed by atoms with Crippen LogP contribution in [0.2, 0.25) is 0 Å². The molecule has 4 atom stereocenters. The third-order valence-electron chi connectivity index (χ3n) is 7.37. The van der Waals surface area contributed by atoms with Crippen molar-refractivity contribution in [3.8, 4) is 0 Å². The number of benzene rings is 1. The van der Waals surface area contributed by atoms with Crippen molar-refractivity contribution in [2.75, 3.05) is 19.6 Å². The van der Waals surface area contributed by atoms with Crippen LogP contribution < -0.4 is 5.73 Å². The van der Waals surface area contributed by atoms with Gasteiger partial charge in [0.15, 0.2) is 5.84 Å². The quantitative estimate of drug-likeness (QED) is 0.721. The van der Waals surface area contributed by atoms with E-state index in [1.54, 1.807) is 23.2 Å². The van der Waals surface area contributed by atoms with Gasteiger partial charge < -0.3 is 10.6 Å². The largest absolute Gasteiger partial charge is 0.416 e. The first kappa shape index (κ1) is 23.0. The molecule has 5 rings (SSSR count). The smallest absolute Gasteiger partial charge is 0.335 e. The molecule has 2 fully saturated rings. The second-order valence-electron chi connectivity index (χ2n) is 9.58. The van der Waals surface area contributed by atoms with Crippen molar-refractivity contribution >= 4 is 23.8 Å². The highest BCUT2D eigenvalue weighted by Crippen LogP contribution is 2.48. The Hall–Kier alpha value is -2.81. The highest BCUT2D eigenvalue weighted by atomic mass is 19.4. The van der Waals surface area contributed by atoms with E-state index in [0.29, 0.717) is 43.9 Å². The summed E-state index contributed by atoms with van der Waals surface area (Å²) < 4.78 is 40.4. The lowest BCUT2D eigenvalue weighted by atomic mass is 9.91. The SMILES string of the molecule is NCCC1=CCCC2N=C(C(=O)N3C[C@H]4CC(c5ccccc5C(F)(F)F)C[C@H]4C3)N=C2N=C1. The van der Waals surface area contributed by atoms with E-state index in [0.717, 1.165) is 30.9 Å². The number of hydrogen-bond acceptors (Lipinski definition) is 5. The molecule has 0 aromatic heterocycles. The number of fused-ring (bicyclic) bond motifs is 2. The zero-order chi connectivity index (χ0) is 23.9. The normalized spacial score (nSPS) is 28.6. The van der Waals surface area contributed by atoms with Crippen LogP contribution in [0.4, 0.5) is 13.2 Å². The van der Waals surface area contributed by atoms with E-state index in [1.807, 2.05) is 0 Å². The molecule has 4 aliphatic rings. The highest BCUT2D eigenvalue weighted by molar-refractivity contribution is 6.41. The molecule has 3 aliphatic heterocycles. The number of nitrogens with two attached hydrogens (primary N) is 1. The molecule has 1 saturated heterocycles. The molecule has 1 aromatic carbocycles. The molecule has 1 aromatic rings. The number of alkyl halides is 3. The van der Waals surface area contributed by atoms with Gasteiger partial charge in [0.25, 0.3) is 5.91 Å². The molecular formula is C25H28F3N5O. The van der Waals surface area contributed by atoms with Gasteiger partial charge in [-0.05, 0) is 73.6 Å². The Morgan fingerprint density at radius 2 is 1.88 bits per heavy atom. The summed E-state index contributed by atoms with van der Waals surface area (Å²) in [6, 6.07) is 5.66. The molecule has 0 radical (unpaired) electrons. The minimum Gasteiger partial charge on any atom is -0.335 e.